The summed E-state index contributed by atoms with van der Waals surface area (Å²) in [6.07, 6.45) is 0. The van der Waals surface area contributed by atoms with E-state index < -0.39 is 11.9 Å². The summed E-state index contributed by atoms with van der Waals surface area (Å²) in [5.41, 5.74) is 5.70. The largest absolute Gasteiger partial charge is 0.458 e. The van der Waals surface area contributed by atoms with Crippen LogP contribution in [0.1, 0.15) is 20.8 Å². The van der Waals surface area contributed by atoms with Gasteiger partial charge in [0.15, 0.2) is 12.4 Å². The Bertz CT molecular complexity index is 241. The zero-order chi connectivity index (χ0) is 10.4. The highest BCUT2D eigenvalue weighted by atomic mass is 16.6. The molecule has 0 atom stereocenters. The van der Waals surface area contributed by atoms with Crippen molar-refractivity contribution in [2.75, 3.05) is 6.61 Å². The van der Waals surface area contributed by atoms with Crippen molar-refractivity contribution in [3.63, 3.8) is 0 Å². The number of hydrogen-bond acceptors (Lipinski definition) is 5. The lowest BCUT2D eigenvalue weighted by Gasteiger charge is -2.08. The molecule has 0 aliphatic rings. The summed E-state index contributed by atoms with van der Waals surface area (Å²) in [5.74, 6) is -0.777. The van der Waals surface area contributed by atoms with Crippen molar-refractivity contribution < 1.29 is 19.1 Å². The van der Waals surface area contributed by atoms with Crippen LogP contribution in [0.15, 0.2) is 11.5 Å². The lowest BCUT2D eigenvalue weighted by Crippen LogP contribution is -2.13. The van der Waals surface area contributed by atoms with Gasteiger partial charge < -0.3 is 15.2 Å². The Kier molecular flexibility index (Phi) is 4.58. The van der Waals surface area contributed by atoms with E-state index in [2.05, 4.69) is 4.74 Å². The molecule has 0 unspecified atom stereocenters. The van der Waals surface area contributed by atoms with Gasteiger partial charge in [0.1, 0.15) is 0 Å². The lowest BCUT2D eigenvalue weighted by atomic mass is 10.4. The number of hydrogen-bond donors (Lipinski definition) is 1. The Morgan fingerprint density at radius 3 is 2.00 bits per heavy atom. The minimum atomic E-state index is -0.494. The highest BCUT2D eigenvalue weighted by Crippen LogP contribution is 2.02. The molecule has 0 rings (SSSR count). The quantitative estimate of drug-likeness (QED) is 0.508. The standard InChI is InChI=1S/C8H13NO4/c1-5(9)8(13-7(3)11)4-12-6(2)10/h4,9H2,1-3H3/b8-5-. The molecule has 0 spiro atoms. The first-order valence-electron chi connectivity index (χ1n) is 3.70. The molecule has 0 saturated heterocycles. The minimum absolute atomic E-state index is 0.114. The molecule has 0 saturated carbocycles. The van der Waals surface area contributed by atoms with Crippen molar-refractivity contribution in [2.45, 2.75) is 20.8 Å². The summed E-state index contributed by atoms with van der Waals surface area (Å²) >= 11 is 0. The van der Waals surface area contributed by atoms with Crippen LogP contribution in [0.4, 0.5) is 0 Å². The Hall–Kier alpha value is -1.52. The van der Waals surface area contributed by atoms with Gasteiger partial charge in [0.05, 0.1) is 0 Å². The van der Waals surface area contributed by atoms with E-state index in [1.807, 2.05) is 0 Å². The zero-order valence-electron chi connectivity index (χ0n) is 7.92. The summed E-state index contributed by atoms with van der Waals surface area (Å²) in [5, 5.41) is 0. The predicted molar refractivity (Wildman–Crippen MR) is 45.3 cm³/mol. The van der Waals surface area contributed by atoms with Crippen LogP contribution in [0, 0.1) is 0 Å². The third-order valence-corrected chi connectivity index (χ3v) is 1.11. The summed E-state index contributed by atoms with van der Waals surface area (Å²) in [4.78, 5) is 21.0. The lowest BCUT2D eigenvalue weighted by molar-refractivity contribution is -0.145. The Morgan fingerprint density at radius 2 is 1.69 bits per heavy atom. The van der Waals surface area contributed by atoms with Crippen molar-refractivity contribution in [3.8, 4) is 0 Å². The van der Waals surface area contributed by atoms with E-state index >= 15 is 0 Å². The molecule has 0 aromatic rings. The molecule has 0 aromatic heterocycles. The zero-order valence-corrected chi connectivity index (χ0v) is 7.92. The van der Waals surface area contributed by atoms with Crippen LogP contribution in [0.3, 0.4) is 0 Å². The first kappa shape index (κ1) is 11.5. The second-order valence-electron chi connectivity index (χ2n) is 2.48. The number of carbonyl (C=O) groups excluding carboxylic acids is 2. The second kappa shape index (κ2) is 5.18. The molecule has 2 N–H and O–H groups in total. The van der Waals surface area contributed by atoms with Gasteiger partial charge in [-0.1, -0.05) is 0 Å². The number of nitrogens with two attached hydrogens (primary N) is 1. The maximum atomic E-state index is 10.6. The van der Waals surface area contributed by atoms with E-state index in [1.165, 1.54) is 13.8 Å². The van der Waals surface area contributed by atoms with Crippen molar-refractivity contribution in [3.05, 3.63) is 11.5 Å². The molecular formula is C8H13NO4. The van der Waals surface area contributed by atoms with Crippen molar-refractivity contribution in [1.82, 2.24) is 0 Å². The predicted octanol–water partition coefficient (Wildman–Crippen LogP) is 0.303. The molecule has 0 amide bonds. The van der Waals surface area contributed by atoms with Crippen LogP contribution in [0.5, 0.6) is 0 Å². The summed E-state index contributed by atoms with van der Waals surface area (Å²) in [6.45, 7) is 3.95. The van der Waals surface area contributed by atoms with E-state index in [9.17, 15) is 9.59 Å². The van der Waals surface area contributed by atoms with Crippen molar-refractivity contribution in [1.29, 1.82) is 0 Å². The van der Waals surface area contributed by atoms with Gasteiger partial charge in [-0.3, -0.25) is 9.59 Å². The van der Waals surface area contributed by atoms with Gasteiger partial charge in [-0.2, -0.15) is 0 Å². The first-order chi connectivity index (χ1) is 5.93. The van der Waals surface area contributed by atoms with Gasteiger partial charge >= 0.3 is 11.9 Å². The van der Waals surface area contributed by atoms with Crippen molar-refractivity contribution in [2.24, 2.45) is 5.73 Å². The minimum Gasteiger partial charge on any atom is -0.458 e. The normalized spacial score (nSPS) is 11.6. The SMILES string of the molecule is CC(=O)OC/C(OC(C)=O)=C(\C)N. The van der Waals surface area contributed by atoms with Gasteiger partial charge in [-0.25, -0.2) is 0 Å². The summed E-state index contributed by atoms with van der Waals surface area (Å²) in [6, 6.07) is 0. The third kappa shape index (κ3) is 5.72. The smallest absolute Gasteiger partial charge is 0.307 e. The highest BCUT2D eigenvalue weighted by molar-refractivity contribution is 5.68. The first-order valence-corrected chi connectivity index (χ1v) is 3.70. The summed E-state index contributed by atoms with van der Waals surface area (Å²) in [7, 11) is 0. The van der Waals surface area contributed by atoms with Crippen LogP contribution in [-0.2, 0) is 19.1 Å². The van der Waals surface area contributed by atoms with E-state index in [1.54, 1.807) is 6.92 Å². The summed E-state index contributed by atoms with van der Waals surface area (Å²) < 4.78 is 9.31. The van der Waals surface area contributed by atoms with E-state index in [0.29, 0.717) is 5.70 Å². The molecule has 0 aliphatic heterocycles. The number of carbonyl (C=O) groups is 2. The highest BCUT2D eigenvalue weighted by Gasteiger charge is 2.06. The topological polar surface area (TPSA) is 78.6 Å². The fraction of sp³-hybridized carbons (Fsp3) is 0.500. The second-order valence-corrected chi connectivity index (χ2v) is 2.48. The molecular weight excluding hydrogens is 174 g/mol. The average Bonchev–Trinajstić information content (AvgIpc) is 1.96. The maximum Gasteiger partial charge on any atom is 0.307 e. The van der Waals surface area contributed by atoms with Crippen molar-refractivity contribution >= 4 is 11.9 Å². The Labute approximate surface area is 76.5 Å². The Morgan fingerprint density at radius 1 is 1.15 bits per heavy atom. The average molecular weight is 187 g/mol. The van der Waals surface area contributed by atoms with E-state index in [-0.39, 0.29) is 12.4 Å². The molecule has 0 fully saturated rings. The molecule has 5 heteroatoms. The van der Waals surface area contributed by atoms with Crippen LogP contribution in [0.2, 0.25) is 0 Å². The molecule has 0 bridgehead atoms. The molecule has 5 nitrogen and oxygen atoms in total. The fourth-order valence-corrected chi connectivity index (χ4v) is 0.564. The van der Waals surface area contributed by atoms with Crippen LogP contribution >= 0.6 is 0 Å². The number of allylic oxidation sites excluding steroid dienone is 1. The molecule has 0 aromatic carbocycles. The monoisotopic (exact) mass is 187 g/mol. The Balaban J connectivity index is 4.21. The van der Waals surface area contributed by atoms with E-state index in [0.717, 1.165) is 0 Å². The molecule has 0 heterocycles. The van der Waals surface area contributed by atoms with Crippen LogP contribution in [0.25, 0.3) is 0 Å². The van der Waals surface area contributed by atoms with E-state index in [4.69, 9.17) is 10.5 Å². The van der Waals surface area contributed by atoms with Gasteiger partial charge in [0.2, 0.25) is 0 Å². The molecule has 0 aliphatic carbocycles. The molecule has 13 heavy (non-hydrogen) atoms. The van der Waals surface area contributed by atoms with Gasteiger partial charge in [0.25, 0.3) is 0 Å². The van der Waals surface area contributed by atoms with Gasteiger partial charge in [-0.05, 0) is 6.92 Å². The third-order valence-electron chi connectivity index (χ3n) is 1.11. The molecule has 74 valence electrons. The van der Waals surface area contributed by atoms with Crippen LogP contribution < -0.4 is 5.73 Å². The number of ether oxygens (including phenoxy) is 2. The maximum absolute atomic E-state index is 10.6. The molecule has 0 radical (unpaired) electrons. The fourth-order valence-electron chi connectivity index (χ4n) is 0.564. The number of esters is 2. The van der Waals surface area contributed by atoms with Crippen LogP contribution in [-0.4, -0.2) is 18.5 Å². The van der Waals surface area contributed by atoms with Gasteiger partial charge in [-0.15, -0.1) is 0 Å². The van der Waals surface area contributed by atoms with Gasteiger partial charge in [0, 0.05) is 19.5 Å². The number of rotatable bonds is 3.